The minimum absolute atomic E-state index is 0.670. The van der Waals surface area contributed by atoms with Crippen molar-refractivity contribution in [1.82, 2.24) is 15.5 Å². The van der Waals surface area contributed by atoms with E-state index in [1.807, 2.05) is 24.3 Å². The van der Waals surface area contributed by atoms with E-state index in [2.05, 4.69) is 34.5 Å². The highest BCUT2D eigenvalue weighted by atomic mass is 35.5. The van der Waals surface area contributed by atoms with Crippen LogP contribution in [0.3, 0.4) is 0 Å². The third kappa shape index (κ3) is 5.94. The summed E-state index contributed by atoms with van der Waals surface area (Å²) in [5.41, 5.74) is 1.07. The third-order valence-electron chi connectivity index (χ3n) is 2.95. The summed E-state index contributed by atoms with van der Waals surface area (Å²) in [6.45, 7) is 5.72. The lowest BCUT2D eigenvalue weighted by molar-refractivity contribution is 0.357. The van der Waals surface area contributed by atoms with Gasteiger partial charge in [0.2, 0.25) is 0 Å². The molecule has 0 aromatic heterocycles. The first kappa shape index (κ1) is 15.8. The predicted octanol–water partition coefficient (Wildman–Crippen LogP) is 1.96. The van der Waals surface area contributed by atoms with Crippen LogP contribution in [-0.2, 0) is 6.54 Å². The van der Waals surface area contributed by atoms with Gasteiger partial charge in [-0.2, -0.15) is 0 Å². The maximum absolute atomic E-state index is 6.11. The number of rotatable bonds is 6. The lowest BCUT2D eigenvalue weighted by Gasteiger charge is -2.16. The molecule has 0 fully saturated rings. The number of hydrogen-bond donors (Lipinski definition) is 2. The van der Waals surface area contributed by atoms with Crippen LogP contribution in [0.5, 0.6) is 0 Å². The predicted molar refractivity (Wildman–Crippen MR) is 82.8 cm³/mol. The van der Waals surface area contributed by atoms with Gasteiger partial charge in [-0.05, 0) is 25.2 Å². The second kappa shape index (κ2) is 8.77. The molecule has 1 aromatic carbocycles. The minimum Gasteiger partial charge on any atom is -0.355 e. The smallest absolute Gasteiger partial charge is 0.191 e. The Hall–Kier alpha value is -1.26. The molecule has 1 rings (SSSR count). The van der Waals surface area contributed by atoms with Crippen molar-refractivity contribution in [1.29, 1.82) is 0 Å². The van der Waals surface area contributed by atoms with Gasteiger partial charge in [-0.25, -0.2) is 0 Å². The summed E-state index contributed by atoms with van der Waals surface area (Å²) in [4.78, 5) is 6.43. The zero-order valence-electron chi connectivity index (χ0n) is 11.9. The molecule has 0 aliphatic heterocycles. The first-order valence-corrected chi connectivity index (χ1v) is 6.91. The molecule has 0 saturated heterocycles. The molecule has 19 heavy (non-hydrogen) atoms. The topological polar surface area (TPSA) is 39.7 Å². The Bertz CT molecular complexity index is 406. The molecular formula is C14H23ClN4. The van der Waals surface area contributed by atoms with E-state index in [0.29, 0.717) is 6.54 Å². The van der Waals surface area contributed by atoms with Crippen molar-refractivity contribution in [3.8, 4) is 0 Å². The number of likely N-dealkylation sites (N-methyl/N-ethyl adjacent to an activating group) is 1. The molecule has 0 aliphatic rings. The number of nitrogens with zero attached hydrogens (tertiary/aromatic N) is 2. The van der Waals surface area contributed by atoms with E-state index < -0.39 is 0 Å². The molecule has 4 nitrogen and oxygen atoms in total. The van der Waals surface area contributed by atoms with E-state index in [4.69, 9.17) is 11.6 Å². The first-order valence-electron chi connectivity index (χ1n) is 6.53. The molecule has 0 saturated carbocycles. The molecule has 0 bridgehead atoms. The normalized spacial score (nSPS) is 11.7. The van der Waals surface area contributed by atoms with E-state index >= 15 is 0 Å². The van der Waals surface area contributed by atoms with E-state index in [1.165, 1.54) is 0 Å². The highest BCUT2D eigenvalue weighted by molar-refractivity contribution is 6.31. The fraction of sp³-hybridized carbons (Fsp3) is 0.500. The molecule has 0 unspecified atom stereocenters. The van der Waals surface area contributed by atoms with Gasteiger partial charge in [0.25, 0.3) is 0 Å². The lowest BCUT2D eigenvalue weighted by Crippen LogP contribution is -2.40. The standard InChI is InChI=1S/C14H23ClN4/c1-4-19(3)10-9-17-14(16-2)18-11-12-7-5-6-8-13(12)15/h5-8H,4,9-11H2,1-3H3,(H2,16,17,18). The minimum atomic E-state index is 0.670. The Kier molecular flexibility index (Phi) is 7.30. The summed E-state index contributed by atoms with van der Waals surface area (Å²) in [7, 11) is 3.87. The van der Waals surface area contributed by atoms with Gasteiger partial charge in [0.15, 0.2) is 5.96 Å². The average molecular weight is 283 g/mol. The molecule has 0 atom stereocenters. The number of halogens is 1. The molecule has 5 heteroatoms. The number of aliphatic imine (C=N–C) groups is 1. The number of nitrogens with one attached hydrogen (secondary N) is 2. The third-order valence-corrected chi connectivity index (χ3v) is 3.32. The molecule has 0 aliphatic carbocycles. The van der Waals surface area contributed by atoms with Gasteiger partial charge in [0.05, 0.1) is 0 Å². The molecule has 0 heterocycles. The fourth-order valence-electron chi connectivity index (χ4n) is 1.56. The molecule has 0 amide bonds. The average Bonchev–Trinajstić information content (AvgIpc) is 2.43. The summed E-state index contributed by atoms with van der Waals surface area (Å²) in [6, 6.07) is 7.81. The van der Waals surface area contributed by atoms with E-state index in [9.17, 15) is 0 Å². The van der Waals surface area contributed by atoms with Crippen molar-refractivity contribution >= 4 is 17.6 Å². The van der Waals surface area contributed by atoms with Crippen molar-refractivity contribution in [2.75, 3.05) is 33.7 Å². The summed E-state index contributed by atoms with van der Waals surface area (Å²) in [5, 5.41) is 7.31. The number of hydrogen-bond acceptors (Lipinski definition) is 2. The SMILES string of the molecule is CCN(C)CCNC(=NC)NCc1ccccc1Cl. The van der Waals surface area contributed by atoms with Crippen molar-refractivity contribution < 1.29 is 0 Å². The largest absolute Gasteiger partial charge is 0.355 e. The van der Waals surface area contributed by atoms with Crippen LogP contribution in [-0.4, -0.2) is 44.6 Å². The van der Waals surface area contributed by atoms with Gasteiger partial charge in [-0.15, -0.1) is 0 Å². The summed E-state index contributed by atoms with van der Waals surface area (Å²) in [6.07, 6.45) is 0. The van der Waals surface area contributed by atoms with Gasteiger partial charge in [-0.1, -0.05) is 36.7 Å². The lowest BCUT2D eigenvalue weighted by atomic mass is 10.2. The van der Waals surface area contributed by atoms with E-state index in [-0.39, 0.29) is 0 Å². The Morgan fingerprint density at radius 3 is 2.68 bits per heavy atom. The van der Waals surface area contributed by atoms with Crippen LogP contribution in [0.25, 0.3) is 0 Å². The van der Waals surface area contributed by atoms with Crippen LogP contribution in [0.1, 0.15) is 12.5 Å². The van der Waals surface area contributed by atoms with Gasteiger partial charge in [-0.3, -0.25) is 4.99 Å². The van der Waals surface area contributed by atoms with Crippen LogP contribution in [0.15, 0.2) is 29.3 Å². The number of guanidine groups is 1. The Labute approximate surface area is 120 Å². The molecule has 0 spiro atoms. The summed E-state index contributed by atoms with van der Waals surface area (Å²) < 4.78 is 0. The second-order valence-corrected chi connectivity index (χ2v) is 4.75. The van der Waals surface area contributed by atoms with E-state index in [0.717, 1.165) is 36.2 Å². The van der Waals surface area contributed by atoms with Crippen molar-refractivity contribution in [3.05, 3.63) is 34.9 Å². The second-order valence-electron chi connectivity index (χ2n) is 4.34. The van der Waals surface area contributed by atoms with Gasteiger partial charge >= 0.3 is 0 Å². The van der Waals surface area contributed by atoms with Crippen molar-refractivity contribution in [2.24, 2.45) is 4.99 Å². The molecule has 0 radical (unpaired) electrons. The zero-order chi connectivity index (χ0) is 14.1. The van der Waals surface area contributed by atoms with Crippen LogP contribution in [0, 0.1) is 0 Å². The molecule has 2 N–H and O–H groups in total. The van der Waals surface area contributed by atoms with Crippen molar-refractivity contribution in [3.63, 3.8) is 0 Å². The maximum Gasteiger partial charge on any atom is 0.191 e. The highest BCUT2D eigenvalue weighted by Crippen LogP contribution is 2.13. The Morgan fingerprint density at radius 1 is 1.32 bits per heavy atom. The van der Waals surface area contributed by atoms with Gasteiger partial charge in [0, 0.05) is 31.7 Å². The van der Waals surface area contributed by atoms with Gasteiger partial charge in [0.1, 0.15) is 0 Å². The molecule has 106 valence electrons. The van der Waals surface area contributed by atoms with Gasteiger partial charge < -0.3 is 15.5 Å². The van der Waals surface area contributed by atoms with Crippen LogP contribution in [0.2, 0.25) is 5.02 Å². The Balaban J connectivity index is 2.36. The maximum atomic E-state index is 6.11. The van der Waals surface area contributed by atoms with Crippen LogP contribution in [0.4, 0.5) is 0 Å². The molecular weight excluding hydrogens is 260 g/mol. The zero-order valence-corrected chi connectivity index (χ0v) is 12.7. The van der Waals surface area contributed by atoms with Crippen LogP contribution >= 0.6 is 11.6 Å². The summed E-state index contributed by atoms with van der Waals surface area (Å²) in [5.74, 6) is 0.796. The van der Waals surface area contributed by atoms with Crippen molar-refractivity contribution in [2.45, 2.75) is 13.5 Å². The monoisotopic (exact) mass is 282 g/mol. The van der Waals surface area contributed by atoms with Crippen LogP contribution < -0.4 is 10.6 Å². The molecule has 1 aromatic rings. The quantitative estimate of drug-likeness (QED) is 0.619. The highest BCUT2D eigenvalue weighted by Gasteiger charge is 2.01. The van der Waals surface area contributed by atoms with E-state index in [1.54, 1.807) is 7.05 Å². The number of benzene rings is 1. The summed E-state index contributed by atoms with van der Waals surface area (Å²) >= 11 is 6.11. The Morgan fingerprint density at radius 2 is 2.05 bits per heavy atom. The fourth-order valence-corrected chi connectivity index (χ4v) is 1.77. The first-order chi connectivity index (χ1) is 9.17.